The van der Waals surface area contributed by atoms with E-state index >= 15 is 0 Å². The van der Waals surface area contributed by atoms with Crippen LogP contribution >= 0.6 is 0 Å². The van der Waals surface area contributed by atoms with Gasteiger partial charge in [0.1, 0.15) is 0 Å². The van der Waals surface area contributed by atoms with Crippen molar-refractivity contribution in [1.29, 1.82) is 0 Å². The minimum Gasteiger partial charge on any atom is -0.480 e. The van der Waals surface area contributed by atoms with Crippen molar-refractivity contribution in [3.63, 3.8) is 0 Å². The van der Waals surface area contributed by atoms with Crippen LogP contribution in [0.3, 0.4) is 0 Å². The van der Waals surface area contributed by atoms with Gasteiger partial charge >= 0.3 is 12.0 Å². The fraction of sp³-hybridized carbons (Fsp3) is 0.579. The molecule has 4 rings (SSSR count). The van der Waals surface area contributed by atoms with Crippen molar-refractivity contribution in [1.82, 2.24) is 10.2 Å². The Morgan fingerprint density at radius 1 is 1.32 bits per heavy atom. The van der Waals surface area contributed by atoms with Gasteiger partial charge in [-0.3, -0.25) is 14.6 Å². The van der Waals surface area contributed by atoms with E-state index in [0.29, 0.717) is 0 Å². The second kappa shape index (κ2) is 6.02. The zero-order chi connectivity index (χ0) is 17.6. The first kappa shape index (κ1) is 16.4. The van der Waals surface area contributed by atoms with Crippen LogP contribution in [-0.4, -0.2) is 53.7 Å². The van der Waals surface area contributed by atoms with Gasteiger partial charge in [0.25, 0.3) is 0 Å². The van der Waals surface area contributed by atoms with Gasteiger partial charge in [0.15, 0.2) is 0 Å². The van der Waals surface area contributed by atoms with Gasteiger partial charge in [-0.15, -0.1) is 0 Å². The molecule has 6 nitrogen and oxygen atoms in total. The normalized spacial score (nSPS) is 25.6. The maximum Gasteiger partial charge on any atom is 0.322 e. The minimum atomic E-state index is -0.794. The van der Waals surface area contributed by atoms with E-state index in [2.05, 4.69) is 17.4 Å². The van der Waals surface area contributed by atoms with Crippen LogP contribution in [0, 0.1) is 0 Å². The number of rotatable bonds is 5. The Kier molecular flexibility index (Phi) is 3.95. The molecule has 6 heteroatoms. The number of para-hydroxylation sites is 1. The Labute approximate surface area is 147 Å². The topological polar surface area (TPSA) is 72.9 Å². The largest absolute Gasteiger partial charge is 0.480 e. The zero-order valence-corrected chi connectivity index (χ0v) is 14.6. The summed E-state index contributed by atoms with van der Waals surface area (Å²) in [5.74, 6) is -0.794. The summed E-state index contributed by atoms with van der Waals surface area (Å²) in [6.07, 6.45) is 3.99. The third-order valence-electron chi connectivity index (χ3n) is 6.03. The van der Waals surface area contributed by atoms with E-state index < -0.39 is 5.97 Å². The highest BCUT2D eigenvalue weighted by Gasteiger charge is 2.53. The zero-order valence-electron chi connectivity index (χ0n) is 14.6. The summed E-state index contributed by atoms with van der Waals surface area (Å²) in [5.41, 5.74) is 2.57. The van der Waals surface area contributed by atoms with E-state index in [0.717, 1.165) is 31.6 Å². The lowest BCUT2D eigenvalue weighted by atomic mass is 9.85. The third kappa shape index (κ3) is 2.88. The van der Waals surface area contributed by atoms with Crippen molar-refractivity contribution in [2.24, 2.45) is 0 Å². The van der Waals surface area contributed by atoms with E-state index in [1.807, 2.05) is 28.9 Å². The number of urea groups is 1. The molecular weight excluding hydrogens is 318 g/mol. The number of carboxylic acid groups (broad SMARTS) is 1. The molecule has 0 unspecified atom stereocenters. The van der Waals surface area contributed by atoms with Crippen molar-refractivity contribution >= 4 is 17.7 Å². The number of carbonyl (C=O) groups is 2. The number of nitrogens with zero attached hydrogens (tertiary/aromatic N) is 2. The smallest absolute Gasteiger partial charge is 0.322 e. The fourth-order valence-corrected chi connectivity index (χ4v) is 4.32. The molecule has 1 aromatic rings. The summed E-state index contributed by atoms with van der Waals surface area (Å²) >= 11 is 0. The number of nitrogens with one attached hydrogen (secondary N) is 1. The minimum absolute atomic E-state index is 0.0130. The van der Waals surface area contributed by atoms with Crippen molar-refractivity contribution < 1.29 is 14.7 Å². The molecule has 2 saturated carbocycles. The molecule has 2 N–H and O–H groups in total. The molecule has 0 radical (unpaired) electrons. The summed E-state index contributed by atoms with van der Waals surface area (Å²) in [6, 6.07) is 8.62. The van der Waals surface area contributed by atoms with E-state index in [-0.39, 0.29) is 30.1 Å². The summed E-state index contributed by atoms with van der Waals surface area (Å²) < 4.78 is 0. The molecule has 1 aliphatic heterocycles. The number of anilines is 1. The molecule has 0 aromatic heterocycles. The molecular formula is C19H25N3O3. The number of likely N-dealkylation sites (N-methyl/N-ethyl adjacent to an activating group) is 1. The lowest BCUT2D eigenvalue weighted by Crippen LogP contribution is -2.56. The van der Waals surface area contributed by atoms with Gasteiger partial charge in [-0.1, -0.05) is 25.1 Å². The summed E-state index contributed by atoms with van der Waals surface area (Å²) in [7, 11) is 0. The quantitative estimate of drug-likeness (QED) is 0.859. The van der Waals surface area contributed by atoms with Gasteiger partial charge in [-0.05, 0) is 43.9 Å². The Hall–Kier alpha value is -2.08. The number of hydrogen-bond donors (Lipinski definition) is 2. The van der Waals surface area contributed by atoms with Crippen LogP contribution in [0.15, 0.2) is 24.3 Å². The Morgan fingerprint density at radius 3 is 2.68 bits per heavy atom. The van der Waals surface area contributed by atoms with Crippen LogP contribution in [0.2, 0.25) is 0 Å². The molecule has 3 aliphatic rings. The predicted octanol–water partition coefficient (Wildman–Crippen LogP) is 2.19. The first-order valence-electron chi connectivity index (χ1n) is 9.16. The average Bonchev–Trinajstić information content (AvgIpc) is 3.26. The molecule has 25 heavy (non-hydrogen) atoms. The van der Waals surface area contributed by atoms with Crippen molar-refractivity contribution in [3.05, 3.63) is 29.8 Å². The molecule has 2 aliphatic carbocycles. The van der Waals surface area contributed by atoms with Crippen LogP contribution in [0.5, 0.6) is 0 Å². The highest BCUT2D eigenvalue weighted by atomic mass is 16.4. The number of carboxylic acids is 1. The highest BCUT2D eigenvalue weighted by molar-refractivity contribution is 5.95. The molecule has 1 heterocycles. The lowest BCUT2D eigenvalue weighted by Gasteiger charge is -2.42. The first-order chi connectivity index (χ1) is 12.0. The van der Waals surface area contributed by atoms with Gasteiger partial charge < -0.3 is 10.4 Å². The maximum atomic E-state index is 12.8. The Morgan fingerprint density at radius 2 is 2.04 bits per heavy atom. The number of carbonyl (C=O) groups excluding carboxylic acids is 1. The van der Waals surface area contributed by atoms with Crippen molar-refractivity contribution in [2.45, 2.75) is 50.1 Å². The summed E-state index contributed by atoms with van der Waals surface area (Å²) in [5, 5.41) is 12.1. The van der Waals surface area contributed by atoms with E-state index in [9.17, 15) is 9.59 Å². The molecule has 0 bridgehead atoms. The van der Waals surface area contributed by atoms with E-state index in [1.54, 1.807) is 0 Å². The number of aliphatic carboxylic acids is 1. The van der Waals surface area contributed by atoms with Gasteiger partial charge in [0.05, 0.1) is 6.54 Å². The Bertz CT molecular complexity index is 695. The van der Waals surface area contributed by atoms with Crippen LogP contribution < -0.4 is 10.2 Å². The monoisotopic (exact) mass is 343 g/mol. The lowest BCUT2D eigenvalue weighted by molar-refractivity contribution is -0.139. The van der Waals surface area contributed by atoms with E-state index in [4.69, 9.17) is 5.11 Å². The van der Waals surface area contributed by atoms with Crippen LogP contribution in [0.25, 0.3) is 0 Å². The third-order valence-corrected chi connectivity index (χ3v) is 6.03. The van der Waals surface area contributed by atoms with Gasteiger partial charge in [-0.25, -0.2) is 4.79 Å². The fourth-order valence-electron chi connectivity index (χ4n) is 4.32. The molecule has 2 fully saturated rings. The highest BCUT2D eigenvalue weighted by Crippen LogP contribution is 2.56. The SMILES string of the molecule is CCN(CC(=O)O)C1CC(NC(=O)N2CC3(CC3)c3ccccc32)C1. The van der Waals surface area contributed by atoms with Gasteiger partial charge in [0.2, 0.25) is 0 Å². The second-order valence-electron chi connectivity index (χ2n) is 7.61. The molecule has 2 amide bonds. The number of fused-ring (bicyclic) bond motifs is 2. The van der Waals surface area contributed by atoms with Crippen molar-refractivity contribution in [3.8, 4) is 0 Å². The van der Waals surface area contributed by atoms with Crippen molar-refractivity contribution in [2.75, 3.05) is 24.5 Å². The number of hydrogen-bond acceptors (Lipinski definition) is 3. The molecule has 1 spiro atoms. The average molecular weight is 343 g/mol. The Balaban J connectivity index is 1.35. The maximum absolute atomic E-state index is 12.8. The van der Waals surface area contributed by atoms with E-state index in [1.165, 1.54) is 18.4 Å². The first-order valence-corrected chi connectivity index (χ1v) is 9.16. The second-order valence-corrected chi connectivity index (χ2v) is 7.61. The van der Waals surface area contributed by atoms with Gasteiger partial charge in [0, 0.05) is 29.7 Å². The molecule has 0 atom stereocenters. The van der Waals surface area contributed by atoms with Gasteiger partial charge in [-0.2, -0.15) is 0 Å². The van der Waals surface area contributed by atoms with Crippen LogP contribution in [0.4, 0.5) is 10.5 Å². The number of amides is 2. The number of benzene rings is 1. The predicted molar refractivity (Wildman–Crippen MR) is 94.9 cm³/mol. The summed E-state index contributed by atoms with van der Waals surface area (Å²) in [4.78, 5) is 27.5. The van der Waals surface area contributed by atoms with Crippen LogP contribution in [-0.2, 0) is 10.2 Å². The van der Waals surface area contributed by atoms with Crippen LogP contribution in [0.1, 0.15) is 38.2 Å². The summed E-state index contributed by atoms with van der Waals surface area (Å²) in [6.45, 7) is 3.56. The molecule has 134 valence electrons. The molecule has 0 saturated heterocycles. The standard InChI is InChI=1S/C19H25N3O3/c1-2-21(11-17(23)24)14-9-13(10-14)20-18(25)22-12-19(7-8-19)15-5-3-4-6-16(15)22/h3-6,13-14H,2,7-12H2,1H3,(H,20,25)(H,23,24). The molecule has 1 aromatic carbocycles.